The molecule has 37 heavy (non-hydrogen) atoms. The maximum Gasteiger partial charge on any atom is 0.289 e. The van der Waals surface area contributed by atoms with Gasteiger partial charge in [0.15, 0.2) is 5.56 Å². The normalized spacial score (nSPS) is 15.1. The fraction of sp³-hybridized carbons (Fsp3) is 0.393. The number of nitrogens with zero attached hydrogens (tertiary/aromatic N) is 3. The van der Waals surface area contributed by atoms with Gasteiger partial charge in [0.25, 0.3) is 11.5 Å². The molecule has 0 bridgehead atoms. The van der Waals surface area contributed by atoms with Crippen LogP contribution in [-0.2, 0) is 12.8 Å². The first kappa shape index (κ1) is 26.2. The van der Waals surface area contributed by atoms with Crippen LogP contribution in [0.3, 0.4) is 0 Å². The molecule has 0 aliphatic carbocycles. The van der Waals surface area contributed by atoms with Crippen molar-refractivity contribution in [3.8, 4) is 23.1 Å². The van der Waals surface area contributed by atoms with E-state index in [-0.39, 0.29) is 17.3 Å². The standard InChI is InChI=1S/C28H32FN3O5/c1-4-5-9-23-30-26(33)24(28(35)32(23)25-21(36-2)7-6-8-22(25)37-3)27(34)31-15-14-19(17-31)16-18-10-12-20(29)13-11-18/h6-8,10-13,19,35H,4-5,9,14-17H2,1-3H3. The first-order valence-corrected chi connectivity index (χ1v) is 12.5. The van der Waals surface area contributed by atoms with Crippen LogP contribution in [0, 0.1) is 11.7 Å². The van der Waals surface area contributed by atoms with E-state index in [0.29, 0.717) is 48.9 Å². The lowest BCUT2D eigenvalue weighted by molar-refractivity contribution is 0.0780. The van der Waals surface area contributed by atoms with Gasteiger partial charge >= 0.3 is 0 Å². The van der Waals surface area contributed by atoms with Crippen molar-refractivity contribution in [3.05, 3.63) is 75.6 Å². The zero-order chi connectivity index (χ0) is 26.5. The molecule has 1 atom stereocenters. The topological polar surface area (TPSA) is 93.9 Å². The quantitative estimate of drug-likeness (QED) is 0.466. The SMILES string of the molecule is CCCCc1nc(=O)c(C(=O)N2CCC(Cc3ccc(F)cc3)C2)c(O)n1-c1c(OC)cccc1OC. The predicted octanol–water partition coefficient (Wildman–Crippen LogP) is 4.14. The first-order chi connectivity index (χ1) is 17.9. The van der Waals surface area contributed by atoms with Gasteiger partial charge in [-0.25, -0.2) is 4.39 Å². The minimum Gasteiger partial charge on any atom is -0.494 e. The van der Waals surface area contributed by atoms with Crippen LogP contribution in [0.2, 0.25) is 0 Å². The molecule has 1 aliphatic heterocycles. The first-order valence-electron chi connectivity index (χ1n) is 12.5. The van der Waals surface area contributed by atoms with E-state index >= 15 is 0 Å². The van der Waals surface area contributed by atoms with E-state index < -0.39 is 17.3 Å². The molecule has 8 nitrogen and oxygen atoms in total. The van der Waals surface area contributed by atoms with Crippen molar-refractivity contribution in [3.63, 3.8) is 0 Å². The number of aromatic hydroxyl groups is 1. The molecular formula is C28H32FN3O5. The number of ether oxygens (including phenoxy) is 2. The monoisotopic (exact) mass is 509 g/mol. The number of aromatic nitrogens is 2. The zero-order valence-corrected chi connectivity index (χ0v) is 21.4. The molecule has 9 heteroatoms. The average Bonchev–Trinajstić information content (AvgIpc) is 3.36. The number of hydrogen-bond donors (Lipinski definition) is 1. The third-order valence-electron chi connectivity index (χ3n) is 6.74. The molecular weight excluding hydrogens is 477 g/mol. The Labute approximate surface area is 215 Å². The summed E-state index contributed by atoms with van der Waals surface area (Å²) >= 11 is 0. The maximum atomic E-state index is 13.5. The lowest BCUT2D eigenvalue weighted by atomic mass is 9.99. The zero-order valence-electron chi connectivity index (χ0n) is 21.4. The number of amides is 1. The summed E-state index contributed by atoms with van der Waals surface area (Å²) in [5.41, 5.74) is 0.209. The summed E-state index contributed by atoms with van der Waals surface area (Å²) < 4.78 is 25.7. The number of unbranched alkanes of at least 4 members (excludes halogenated alkanes) is 1. The second-order valence-electron chi connectivity index (χ2n) is 9.22. The van der Waals surface area contributed by atoms with Gasteiger partial charge in [-0.2, -0.15) is 4.98 Å². The molecule has 1 saturated heterocycles. The molecule has 0 spiro atoms. The van der Waals surface area contributed by atoms with Crippen molar-refractivity contribution >= 4 is 5.91 Å². The summed E-state index contributed by atoms with van der Waals surface area (Å²) in [7, 11) is 2.99. The molecule has 1 fully saturated rings. The lowest BCUT2D eigenvalue weighted by Gasteiger charge is -2.22. The van der Waals surface area contributed by atoms with E-state index in [9.17, 15) is 19.1 Å². The minimum atomic E-state index is -0.763. The fourth-order valence-corrected chi connectivity index (χ4v) is 4.83. The average molecular weight is 510 g/mol. The Morgan fingerprint density at radius 1 is 1.14 bits per heavy atom. The predicted molar refractivity (Wildman–Crippen MR) is 137 cm³/mol. The van der Waals surface area contributed by atoms with Gasteiger partial charge in [-0.15, -0.1) is 0 Å². The Balaban J connectivity index is 1.71. The third kappa shape index (κ3) is 5.45. The van der Waals surface area contributed by atoms with Gasteiger partial charge in [0, 0.05) is 19.5 Å². The van der Waals surface area contributed by atoms with Gasteiger partial charge < -0.3 is 19.5 Å². The third-order valence-corrected chi connectivity index (χ3v) is 6.74. The maximum absolute atomic E-state index is 13.5. The Morgan fingerprint density at radius 2 is 1.81 bits per heavy atom. The molecule has 0 saturated carbocycles. The highest BCUT2D eigenvalue weighted by molar-refractivity contribution is 5.96. The van der Waals surface area contributed by atoms with Crippen molar-refractivity contribution in [2.24, 2.45) is 5.92 Å². The molecule has 1 amide bonds. The molecule has 3 aromatic rings. The van der Waals surface area contributed by atoms with Gasteiger partial charge in [-0.05, 0) is 55.0 Å². The van der Waals surface area contributed by atoms with Gasteiger partial charge in [0.05, 0.1) is 14.2 Å². The highest BCUT2D eigenvalue weighted by Gasteiger charge is 2.33. The number of methoxy groups -OCH3 is 2. The van der Waals surface area contributed by atoms with Gasteiger partial charge in [-0.3, -0.25) is 14.2 Å². The fourth-order valence-electron chi connectivity index (χ4n) is 4.83. The summed E-state index contributed by atoms with van der Waals surface area (Å²) in [5.74, 6) is -0.0693. The Hall–Kier alpha value is -3.88. The molecule has 2 heterocycles. The largest absolute Gasteiger partial charge is 0.494 e. The number of rotatable bonds is 9. The van der Waals surface area contributed by atoms with Crippen molar-refractivity contribution in [2.45, 2.75) is 39.0 Å². The molecule has 1 aromatic heterocycles. The second-order valence-corrected chi connectivity index (χ2v) is 9.22. The van der Waals surface area contributed by atoms with Crippen LogP contribution in [0.15, 0.2) is 47.3 Å². The van der Waals surface area contributed by atoms with Crippen molar-refractivity contribution in [1.29, 1.82) is 0 Å². The summed E-state index contributed by atoms with van der Waals surface area (Å²) in [4.78, 5) is 32.4. The van der Waals surface area contributed by atoms with Crippen molar-refractivity contribution < 1.29 is 23.8 Å². The molecule has 4 rings (SSSR count). The summed E-state index contributed by atoms with van der Waals surface area (Å²) in [6.07, 6.45) is 3.42. The number of benzene rings is 2. The number of para-hydroxylation sites is 1. The van der Waals surface area contributed by atoms with Gasteiger partial charge in [0.1, 0.15) is 28.8 Å². The number of carbonyl (C=O) groups excluding carboxylic acids is 1. The van der Waals surface area contributed by atoms with E-state index in [1.54, 1.807) is 35.2 Å². The van der Waals surface area contributed by atoms with E-state index in [2.05, 4.69) is 4.98 Å². The molecule has 1 N–H and O–H groups in total. The highest BCUT2D eigenvalue weighted by atomic mass is 19.1. The number of likely N-dealkylation sites (tertiary alicyclic amines) is 1. The van der Waals surface area contributed by atoms with E-state index in [1.807, 2.05) is 6.92 Å². The summed E-state index contributed by atoms with van der Waals surface area (Å²) in [6, 6.07) is 11.5. The molecule has 196 valence electrons. The lowest BCUT2D eigenvalue weighted by Crippen LogP contribution is -2.35. The summed E-state index contributed by atoms with van der Waals surface area (Å²) in [6.45, 7) is 2.88. The van der Waals surface area contributed by atoms with E-state index in [1.165, 1.54) is 30.9 Å². The van der Waals surface area contributed by atoms with Crippen LogP contribution in [0.1, 0.15) is 47.9 Å². The number of hydrogen-bond acceptors (Lipinski definition) is 6. The Kier molecular flexibility index (Phi) is 8.11. The van der Waals surface area contributed by atoms with E-state index in [4.69, 9.17) is 9.47 Å². The second kappa shape index (κ2) is 11.5. The van der Waals surface area contributed by atoms with Crippen molar-refractivity contribution in [1.82, 2.24) is 14.5 Å². The molecule has 0 radical (unpaired) electrons. The minimum absolute atomic E-state index is 0.157. The van der Waals surface area contributed by atoms with Crippen LogP contribution >= 0.6 is 0 Å². The summed E-state index contributed by atoms with van der Waals surface area (Å²) in [5, 5.41) is 11.4. The number of aryl methyl sites for hydroxylation is 1. The van der Waals surface area contributed by atoms with Crippen LogP contribution in [-0.4, -0.2) is 52.8 Å². The van der Waals surface area contributed by atoms with Crippen LogP contribution in [0.5, 0.6) is 17.4 Å². The van der Waals surface area contributed by atoms with Gasteiger partial charge in [0.2, 0.25) is 5.88 Å². The number of carbonyl (C=O) groups is 1. The molecule has 1 unspecified atom stereocenters. The van der Waals surface area contributed by atoms with Gasteiger partial charge in [-0.1, -0.05) is 31.5 Å². The molecule has 1 aliphatic rings. The van der Waals surface area contributed by atoms with Crippen molar-refractivity contribution in [2.75, 3.05) is 27.3 Å². The molecule has 2 aromatic carbocycles. The van der Waals surface area contributed by atoms with E-state index in [0.717, 1.165) is 24.8 Å². The van der Waals surface area contributed by atoms with Crippen LogP contribution in [0.25, 0.3) is 5.69 Å². The van der Waals surface area contributed by atoms with Crippen LogP contribution < -0.4 is 15.0 Å². The van der Waals surface area contributed by atoms with Crippen LogP contribution in [0.4, 0.5) is 4.39 Å². The highest BCUT2D eigenvalue weighted by Crippen LogP contribution is 2.37. The number of halogens is 1. The Morgan fingerprint density at radius 3 is 2.43 bits per heavy atom. The smallest absolute Gasteiger partial charge is 0.289 e. The Bertz CT molecular complexity index is 1300.